The van der Waals surface area contributed by atoms with Crippen LogP contribution in [0.2, 0.25) is 15.8 Å². The average molecular weight is 197 g/mol. The monoisotopic (exact) mass is 197 g/mol. The highest BCUT2D eigenvalue weighted by Crippen LogP contribution is 2.24. The van der Waals surface area contributed by atoms with Crippen molar-refractivity contribution in [2.75, 3.05) is 20.6 Å². The highest BCUT2D eigenvalue weighted by Gasteiger charge is 2.22. The van der Waals surface area contributed by atoms with Crippen LogP contribution in [0, 0.1) is 5.92 Å². The SMILES string of the molecule is CC(CN(C)C)[CH2][Al]1[CH2]CCC[CH2]1. The molecule has 1 heterocycles. The van der Waals surface area contributed by atoms with E-state index >= 15 is 0 Å². The summed E-state index contributed by atoms with van der Waals surface area (Å²) < 4.78 is 0. The van der Waals surface area contributed by atoms with Gasteiger partial charge in [0.2, 0.25) is 0 Å². The molecule has 1 saturated heterocycles. The second kappa shape index (κ2) is 6.07. The van der Waals surface area contributed by atoms with Crippen LogP contribution in [0.1, 0.15) is 26.2 Å². The lowest BCUT2D eigenvalue weighted by Gasteiger charge is -2.22. The first kappa shape index (κ1) is 11.6. The lowest BCUT2D eigenvalue weighted by molar-refractivity contribution is 0.352. The molecule has 0 N–H and O–H groups in total. The van der Waals surface area contributed by atoms with Gasteiger partial charge in [0, 0.05) is 0 Å². The van der Waals surface area contributed by atoms with E-state index in [1.165, 1.54) is 13.0 Å². The summed E-state index contributed by atoms with van der Waals surface area (Å²) in [6.07, 6.45) is 4.61. The number of rotatable bonds is 4. The molecule has 76 valence electrons. The van der Waals surface area contributed by atoms with Crippen LogP contribution in [0.15, 0.2) is 0 Å². The van der Waals surface area contributed by atoms with Gasteiger partial charge in [-0.15, -0.1) is 0 Å². The Morgan fingerprint density at radius 3 is 2.31 bits per heavy atom. The van der Waals surface area contributed by atoms with Crippen LogP contribution in [0.25, 0.3) is 0 Å². The molecule has 0 bridgehead atoms. The molecule has 1 rings (SSSR count). The molecular weight excluding hydrogens is 173 g/mol. The van der Waals surface area contributed by atoms with Gasteiger partial charge in [-0.1, -0.05) is 42.0 Å². The Kier molecular flexibility index (Phi) is 5.40. The molecule has 0 spiro atoms. The molecule has 1 atom stereocenters. The fourth-order valence-electron chi connectivity index (χ4n) is 2.69. The van der Waals surface area contributed by atoms with E-state index in [0.717, 1.165) is 5.92 Å². The van der Waals surface area contributed by atoms with Crippen LogP contribution in [0.4, 0.5) is 0 Å². The summed E-state index contributed by atoms with van der Waals surface area (Å²) in [4.78, 5) is 2.34. The third-order valence-corrected chi connectivity index (χ3v) is 7.06. The fraction of sp³-hybridized carbons (Fsp3) is 1.00. The quantitative estimate of drug-likeness (QED) is 0.626. The summed E-state index contributed by atoms with van der Waals surface area (Å²) in [5, 5.41) is 4.87. The Hall–Kier alpha value is 0.492. The van der Waals surface area contributed by atoms with Crippen LogP contribution in [0.5, 0.6) is 0 Å². The van der Waals surface area contributed by atoms with E-state index in [-0.39, 0.29) is 14.1 Å². The summed E-state index contributed by atoms with van der Waals surface area (Å²) in [6, 6.07) is 0. The molecule has 0 aromatic heterocycles. The minimum Gasteiger partial charge on any atom is -0.309 e. The van der Waals surface area contributed by atoms with Crippen LogP contribution < -0.4 is 0 Å². The molecule has 0 amide bonds. The first-order valence-corrected chi connectivity index (χ1v) is 8.28. The second-order valence-electron chi connectivity index (χ2n) is 5.11. The van der Waals surface area contributed by atoms with Gasteiger partial charge in [-0.25, -0.2) is 0 Å². The summed E-state index contributed by atoms with van der Waals surface area (Å²) in [6.45, 7) is 3.73. The predicted molar refractivity (Wildman–Crippen MR) is 61.7 cm³/mol. The third-order valence-electron chi connectivity index (χ3n) is 3.14. The molecule has 1 fully saturated rings. The normalized spacial score (nSPS) is 20.8. The van der Waals surface area contributed by atoms with Gasteiger partial charge in [0.1, 0.15) is 0 Å². The number of nitrogens with zero attached hydrogens (tertiary/aromatic N) is 1. The molecule has 0 aliphatic carbocycles. The van der Waals surface area contributed by atoms with E-state index < -0.39 is 0 Å². The third kappa shape index (κ3) is 5.06. The summed E-state index contributed by atoms with van der Waals surface area (Å²) in [5.74, 6) is 0.949. The first-order valence-electron chi connectivity index (χ1n) is 5.83. The summed E-state index contributed by atoms with van der Waals surface area (Å²) in [5.41, 5.74) is 0. The maximum Gasteiger partial charge on any atom is 0.262 e. The molecular formula is C11H24AlN. The number of hydrogen-bond acceptors (Lipinski definition) is 1. The van der Waals surface area contributed by atoms with Crippen molar-refractivity contribution in [2.24, 2.45) is 5.92 Å². The topological polar surface area (TPSA) is 3.24 Å². The van der Waals surface area contributed by atoms with Gasteiger partial charge < -0.3 is 4.90 Å². The van der Waals surface area contributed by atoms with Gasteiger partial charge in [0.05, 0.1) is 0 Å². The zero-order valence-electron chi connectivity index (χ0n) is 9.55. The molecule has 13 heavy (non-hydrogen) atoms. The summed E-state index contributed by atoms with van der Waals surface area (Å²) >= 11 is -0.270. The Bertz CT molecular complexity index is 130. The first-order chi connectivity index (χ1) is 6.18. The van der Waals surface area contributed by atoms with Gasteiger partial charge in [-0.2, -0.15) is 0 Å². The molecule has 1 nitrogen and oxygen atoms in total. The Labute approximate surface area is 87.9 Å². The van der Waals surface area contributed by atoms with Crippen molar-refractivity contribution in [3.63, 3.8) is 0 Å². The van der Waals surface area contributed by atoms with Crippen molar-refractivity contribution >= 4 is 14.1 Å². The smallest absolute Gasteiger partial charge is 0.262 e. The highest BCUT2D eigenvalue weighted by atomic mass is 27.2. The Morgan fingerprint density at radius 1 is 1.15 bits per heavy atom. The molecule has 1 aliphatic heterocycles. The minimum atomic E-state index is -0.270. The van der Waals surface area contributed by atoms with Crippen LogP contribution >= 0.6 is 0 Å². The lowest BCUT2D eigenvalue weighted by atomic mass is 10.2. The van der Waals surface area contributed by atoms with Crippen LogP contribution in [-0.2, 0) is 0 Å². The largest absolute Gasteiger partial charge is 0.309 e. The van der Waals surface area contributed by atoms with Crippen molar-refractivity contribution in [3.8, 4) is 0 Å². The van der Waals surface area contributed by atoms with Crippen LogP contribution in [0.3, 0.4) is 0 Å². The van der Waals surface area contributed by atoms with Gasteiger partial charge >= 0.3 is 0 Å². The minimum absolute atomic E-state index is 0.270. The zero-order valence-corrected chi connectivity index (χ0v) is 10.7. The number of hydrogen-bond donors (Lipinski definition) is 0. The lowest BCUT2D eigenvalue weighted by Crippen LogP contribution is -2.25. The van der Waals surface area contributed by atoms with Crippen molar-refractivity contribution in [3.05, 3.63) is 0 Å². The van der Waals surface area contributed by atoms with Gasteiger partial charge in [0.25, 0.3) is 14.1 Å². The van der Waals surface area contributed by atoms with Crippen molar-refractivity contribution in [1.29, 1.82) is 0 Å². The van der Waals surface area contributed by atoms with Gasteiger partial charge in [-0.3, -0.25) is 0 Å². The molecule has 2 heteroatoms. The van der Waals surface area contributed by atoms with E-state index in [4.69, 9.17) is 0 Å². The molecule has 1 aliphatic rings. The van der Waals surface area contributed by atoms with Crippen LogP contribution in [-0.4, -0.2) is 39.7 Å². The average Bonchev–Trinajstić information content (AvgIpc) is 2.04. The molecule has 1 unspecified atom stereocenters. The van der Waals surface area contributed by atoms with Crippen molar-refractivity contribution in [2.45, 2.75) is 42.0 Å². The summed E-state index contributed by atoms with van der Waals surface area (Å²) in [7, 11) is 4.39. The molecule has 0 saturated carbocycles. The van der Waals surface area contributed by atoms with Gasteiger partial charge in [0.15, 0.2) is 0 Å². The Morgan fingerprint density at radius 2 is 1.77 bits per heavy atom. The second-order valence-corrected chi connectivity index (χ2v) is 8.47. The highest BCUT2D eigenvalue weighted by molar-refractivity contribution is 6.59. The molecule has 0 aromatic rings. The fourth-order valence-corrected chi connectivity index (χ4v) is 6.47. The van der Waals surface area contributed by atoms with Gasteiger partial charge in [-0.05, 0) is 26.6 Å². The Balaban J connectivity index is 2.14. The maximum atomic E-state index is 2.43. The van der Waals surface area contributed by atoms with E-state index in [0.29, 0.717) is 0 Å². The van der Waals surface area contributed by atoms with E-state index in [9.17, 15) is 0 Å². The van der Waals surface area contributed by atoms with E-state index in [1.807, 2.05) is 0 Å². The predicted octanol–water partition coefficient (Wildman–Crippen LogP) is 2.86. The van der Waals surface area contributed by atoms with E-state index in [2.05, 4.69) is 25.9 Å². The van der Waals surface area contributed by atoms with E-state index in [1.54, 1.807) is 28.7 Å². The molecule has 0 aromatic carbocycles. The standard InChI is InChI=1S/C6H14N.C5H10.Al/c1-6(2)5-7(3)4;1-3-5-4-2;/h6H,1,5H2,2-4H3;1-5H2;. The zero-order chi connectivity index (χ0) is 9.68. The van der Waals surface area contributed by atoms with Crippen molar-refractivity contribution < 1.29 is 0 Å². The molecule has 0 radical (unpaired) electrons. The van der Waals surface area contributed by atoms with Crippen molar-refractivity contribution in [1.82, 2.24) is 4.90 Å². The maximum absolute atomic E-state index is 2.43.